The summed E-state index contributed by atoms with van der Waals surface area (Å²) in [5.74, 6) is 0.0456. The summed E-state index contributed by atoms with van der Waals surface area (Å²) in [6, 6.07) is 21.5. The van der Waals surface area contributed by atoms with Gasteiger partial charge in [0.1, 0.15) is 11.8 Å². The second-order valence-corrected chi connectivity index (χ2v) is 9.37. The van der Waals surface area contributed by atoms with E-state index in [1.165, 1.54) is 12.1 Å². The van der Waals surface area contributed by atoms with Gasteiger partial charge in [0.2, 0.25) is 15.9 Å². The first-order valence-corrected chi connectivity index (χ1v) is 12.0. The molecule has 3 aromatic carbocycles. The molecule has 0 aliphatic heterocycles. The maximum Gasteiger partial charge on any atom is 0.243 e. The van der Waals surface area contributed by atoms with Crippen LogP contribution < -0.4 is 14.8 Å². The van der Waals surface area contributed by atoms with Crippen LogP contribution in [0.1, 0.15) is 12.5 Å². The molecule has 1 atom stereocenters. The van der Waals surface area contributed by atoms with E-state index in [1.54, 1.807) is 36.4 Å². The van der Waals surface area contributed by atoms with Gasteiger partial charge >= 0.3 is 0 Å². The zero-order chi connectivity index (χ0) is 22.3. The average Bonchev–Trinajstić information content (AvgIpc) is 2.76. The number of nitrogens with one attached hydrogen (secondary N) is 2. The summed E-state index contributed by atoms with van der Waals surface area (Å²) in [7, 11) is -3.92. The molecule has 0 unspecified atom stereocenters. The molecule has 0 saturated carbocycles. The van der Waals surface area contributed by atoms with Crippen molar-refractivity contribution in [3.8, 4) is 5.75 Å². The lowest BCUT2D eigenvalue weighted by Gasteiger charge is -2.20. The molecule has 0 radical (unpaired) electrons. The zero-order valence-corrected chi connectivity index (χ0v) is 19.3. The summed E-state index contributed by atoms with van der Waals surface area (Å²) in [4.78, 5) is 13.2. The maximum absolute atomic E-state index is 13.1. The molecule has 0 saturated heterocycles. The number of hydrogen-bond donors (Lipinski definition) is 2. The van der Waals surface area contributed by atoms with Gasteiger partial charge in [0.25, 0.3) is 0 Å². The Morgan fingerprint density at radius 2 is 1.61 bits per heavy atom. The van der Waals surface area contributed by atoms with E-state index in [4.69, 9.17) is 4.74 Å². The number of sulfonamides is 1. The number of hydrogen-bond acceptors (Lipinski definition) is 4. The van der Waals surface area contributed by atoms with Crippen molar-refractivity contribution in [2.24, 2.45) is 0 Å². The predicted octanol–water partition coefficient (Wildman–Crippen LogP) is 4.38. The average molecular weight is 503 g/mol. The van der Waals surface area contributed by atoms with Gasteiger partial charge < -0.3 is 10.1 Å². The molecule has 1 amide bonds. The lowest BCUT2D eigenvalue weighted by molar-refractivity contribution is -0.117. The summed E-state index contributed by atoms with van der Waals surface area (Å²) in [5.41, 5.74) is 1.31. The van der Waals surface area contributed by atoms with Gasteiger partial charge in [-0.15, -0.1) is 0 Å². The monoisotopic (exact) mass is 502 g/mol. The minimum Gasteiger partial charge on any atom is -0.492 e. The Kier molecular flexibility index (Phi) is 7.84. The topological polar surface area (TPSA) is 84.5 Å². The zero-order valence-electron chi connectivity index (χ0n) is 16.9. The van der Waals surface area contributed by atoms with E-state index in [0.29, 0.717) is 18.0 Å². The van der Waals surface area contributed by atoms with E-state index < -0.39 is 22.0 Å². The number of halogens is 1. The summed E-state index contributed by atoms with van der Waals surface area (Å²) >= 11 is 3.30. The van der Waals surface area contributed by atoms with Gasteiger partial charge in [-0.2, -0.15) is 4.72 Å². The van der Waals surface area contributed by atoms with Crippen molar-refractivity contribution >= 4 is 37.5 Å². The highest BCUT2D eigenvalue weighted by Crippen LogP contribution is 2.24. The largest absolute Gasteiger partial charge is 0.492 e. The number of carbonyl (C=O) groups is 1. The van der Waals surface area contributed by atoms with E-state index in [-0.39, 0.29) is 11.3 Å². The lowest BCUT2D eigenvalue weighted by Crippen LogP contribution is -2.45. The van der Waals surface area contributed by atoms with Gasteiger partial charge in [0.15, 0.2) is 0 Å². The molecule has 0 bridgehead atoms. The molecule has 6 nitrogen and oxygen atoms in total. The summed E-state index contributed by atoms with van der Waals surface area (Å²) in [6.45, 7) is 2.29. The Morgan fingerprint density at radius 3 is 2.29 bits per heavy atom. The van der Waals surface area contributed by atoms with Crippen LogP contribution in [0.15, 0.2) is 88.2 Å². The lowest BCUT2D eigenvalue weighted by atomic mass is 10.1. The molecule has 0 heterocycles. The number of anilines is 1. The Labute approximate surface area is 190 Å². The first kappa shape index (κ1) is 23.0. The van der Waals surface area contributed by atoms with Gasteiger partial charge in [0.05, 0.1) is 17.2 Å². The van der Waals surface area contributed by atoms with Crippen molar-refractivity contribution < 1.29 is 17.9 Å². The third-order valence-corrected chi connectivity index (χ3v) is 6.48. The summed E-state index contributed by atoms with van der Waals surface area (Å²) < 4.78 is 34.8. The number of carbonyl (C=O) groups excluding carboxylic acids is 1. The van der Waals surface area contributed by atoms with Crippen molar-refractivity contribution in [2.45, 2.75) is 24.3 Å². The molecule has 162 valence electrons. The molecule has 0 spiro atoms. The Morgan fingerprint density at radius 1 is 0.968 bits per heavy atom. The number of para-hydroxylation sites is 2. The number of benzene rings is 3. The van der Waals surface area contributed by atoms with Crippen LogP contribution in [0.25, 0.3) is 0 Å². The predicted molar refractivity (Wildman–Crippen MR) is 125 cm³/mol. The van der Waals surface area contributed by atoms with Crippen LogP contribution in [0, 0.1) is 0 Å². The van der Waals surface area contributed by atoms with Crippen LogP contribution >= 0.6 is 15.9 Å². The molecule has 0 aliphatic rings. The van der Waals surface area contributed by atoms with Gasteiger partial charge in [0, 0.05) is 4.47 Å². The van der Waals surface area contributed by atoms with Crippen molar-refractivity contribution in [1.29, 1.82) is 0 Å². The molecule has 3 aromatic rings. The Balaban J connectivity index is 1.87. The second kappa shape index (κ2) is 10.6. The standard InChI is InChI=1S/C23H23BrN2O4S/c1-2-30-22-11-7-6-10-20(22)25-23(27)21(16-17-8-4-3-5-9-17)26-31(28,29)19-14-12-18(24)13-15-19/h3-15,21,26H,2,16H2,1H3,(H,25,27)/t21-/m0/s1. The fourth-order valence-electron chi connectivity index (χ4n) is 2.98. The fraction of sp³-hybridized carbons (Fsp3) is 0.174. The Hall–Kier alpha value is -2.68. The van der Waals surface area contributed by atoms with E-state index in [0.717, 1.165) is 10.0 Å². The highest BCUT2D eigenvalue weighted by atomic mass is 79.9. The molecular formula is C23H23BrN2O4S. The van der Waals surface area contributed by atoms with Crippen molar-refractivity contribution in [1.82, 2.24) is 4.72 Å². The van der Waals surface area contributed by atoms with Crippen molar-refractivity contribution in [3.05, 3.63) is 88.9 Å². The van der Waals surface area contributed by atoms with Crippen molar-refractivity contribution in [3.63, 3.8) is 0 Å². The van der Waals surface area contributed by atoms with Crippen LogP contribution in [0.2, 0.25) is 0 Å². The highest BCUT2D eigenvalue weighted by molar-refractivity contribution is 9.10. The quantitative estimate of drug-likeness (QED) is 0.454. The number of ether oxygens (including phenoxy) is 1. The van der Waals surface area contributed by atoms with Crippen molar-refractivity contribution in [2.75, 3.05) is 11.9 Å². The number of amides is 1. The molecule has 2 N–H and O–H groups in total. The molecule has 0 fully saturated rings. The first-order chi connectivity index (χ1) is 14.9. The second-order valence-electron chi connectivity index (χ2n) is 6.74. The molecule has 31 heavy (non-hydrogen) atoms. The van der Waals surface area contributed by atoms with E-state index in [2.05, 4.69) is 26.0 Å². The first-order valence-electron chi connectivity index (χ1n) is 9.73. The van der Waals surface area contributed by atoms with E-state index in [1.807, 2.05) is 37.3 Å². The Bertz CT molecular complexity index is 1120. The van der Waals surface area contributed by atoms with Crippen LogP contribution in [0.5, 0.6) is 5.75 Å². The van der Waals surface area contributed by atoms with Crippen LogP contribution in [0.3, 0.4) is 0 Å². The molecule has 3 rings (SSSR count). The normalized spacial score (nSPS) is 12.2. The number of rotatable bonds is 9. The highest BCUT2D eigenvalue weighted by Gasteiger charge is 2.27. The SMILES string of the molecule is CCOc1ccccc1NC(=O)[C@H](Cc1ccccc1)NS(=O)(=O)c1ccc(Br)cc1. The van der Waals surface area contributed by atoms with Gasteiger partial charge in [-0.25, -0.2) is 8.42 Å². The van der Waals surface area contributed by atoms with Gasteiger partial charge in [-0.05, 0) is 55.3 Å². The van der Waals surface area contributed by atoms with Crippen LogP contribution in [0.4, 0.5) is 5.69 Å². The molecule has 0 aromatic heterocycles. The van der Waals surface area contributed by atoms with Crippen LogP contribution in [-0.4, -0.2) is 27.0 Å². The minimum atomic E-state index is -3.92. The third-order valence-electron chi connectivity index (χ3n) is 4.47. The molecule has 8 heteroatoms. The third kappa shape index (κ3) is 6.40. The van der Waals surface area contributed by atoms with Crippen LogP contribution in [-0.2, 0) is 21.2 Å². The fourth-order valence-corrected chi connectivity index (χ4v) is 4.44. The maximum atomic E-state index is 13.1. The van der Waals surface area contributed by atoms with Gasteiger partial charge in [-0.1, -0.05) is 58.4 Å². The van der Waals surface area contributed by atoms with Gasteiger partial charge in [-0.3, -0.25) is 4.79 Å². The van der Waals surface area contributed by atoms with E-state index in [9.17, 15) is 13.2 Å². The molecule has 0 aliphatic carbocycles. The minimum absolute atomic E-state index is 0.0799. The summed E-state index contributed by atoms with van der Waals surface area (Å²) in [5, 5.41) is 2.80. The smallest absolute Gasteiger partial charge is 0.243 e. The van der Waals surface area contributed by atoms with E-state index >= 15 is 0 Å². The molecular weight excluding hydrogens is 480 g/mol. The summed E-state index contributed by atoms with van der Waals surface area (Å²) in [6.07, 6.45) is 0.194.